The number of hydrogen-bond donors (Lipinski definition) is 1. The van der Waals surface area contributed by atoms with Gasteiger partial charge in [-0.15, -0.1) is 0 Å². The molecule has 0 radical (unpaired) electrons. The van der Waals surface area contributed by atoms with Gasteiger partial charge in [0.05, 0.1) is 0 Å². The van der Waals surface area contributed by atoms with Crippen LogP contribution in [0.5, 0.6) is 0 Å². The molecule has 1 fully saturated rings. The van der Waals surface area contributed by atoms with Gasteiger partial charge in [-0.2, -0.15) is 0 Å². The van der Waals surface area contributed by atoms with E-state index >= 15 is 0 Å². The van der Waals surface area contributed by atoms with Crippen LogP contribution in [0, 0.1) is 11.8 Å². The first kappa shape index (κ1) is 12.4. The van der Waals surface area contributed by atoms with Gasteiger partial charge in [0.2, 0.25) is 0 Å². The molecule has 0 aliphatic heterocycles. The Kier molecular flexibility index (Phi) is 3.67. The summed E-state index contributed by atoms with van der Waals surface area (Å²) >= 11 is 5.77. The highest BCUT2D eigenvalue weighted by Gasteiger charge is 2.31. The maximum atomic E-state index is 12.0. The Morgan fingerprint density at radius 1 is 1.41 bits per heavy atom. The van der Waals surface area contributed by atoms with Gasteiger partial charge in [-0.05, 0) is 36.8 Å². The van der Waals surface area contributed by atoms with Crippen LogP contribution in [0.4, 0.5) is 0 Å². The zero-order chi connectivity index (χ0) is 12.4. The lowest BCUT2D eigenvalue weighted by Crippen LogP contribution is -2.37. The maximum absolute atomic E-state index is 12.0. The molecule has 1 aromatic heterocycles. The molecule has 17 heavy (non-hydrogen) atoms. The van der Waals surface area contributed by atoms with Crippen molar-refractivity contribution >= 4 is 17.5 Å². The van der Waals surface area contributed by atoms with Crippen LogP contribution < -0.4 is 5.32 Å². The van der Waals surface area contributed by atoms with Crippen molar-refractivity contribution in [3.05, 3.63) is 29.0 Å². The second-order valence-corrected chi connectivity index (χ2v) is 5.23. The average molecular weight is 253 g/mol. The molecule has 3 atom stereocenters. The minimum atomic E-state index is -0.126. The van der Waals surface area contributed by atoms with Gasteiger partial charge in [0.25, 0.3) is 5.91 Å². The molecular formula is C13H17ClN2O. The van der Waals surface area contributed by atoms with Gasteiger partial charge in [-0.3, -0.25) is 4.79 Å². The van der Waals surface area contributed by atoms with Crippen molar-refractivity contribution in [3.8, 4) is 0 Å². The minimum Gasteiger partial charge on any atom is -0.348 e. The topological polar surface area (TPSA) is 42.0 Å². The predicted octanol–water partition coefficient (Wildman–Crippen LogP) is 2.90. The Morgan fingerprint density at radius 3 is 2.76 bits per heavy atom. The number of hydrogen-bond acceptors (Lipinski definition) is 2. The molecule has 4 heteroatoms. The number of pyridine rings is 1. The minimum absolute atomic E-state index is 0.126. The van der Waals surface area contributed by atoms with Crippen molar-refractivity contribution in [2.75, 3.05) is 0 Å². The van der Waals surface area contributed by atoms with Gasteiger partial charge in [-0.25, -0.2) is 4.98 Å². The summed E-state index contributed by atoms with van der Waals surface area (Å²) in [5, 5.41) is 3.39. The third kappa shape index (κ3) is 2.78. The Morgan fingerprint density at radius 2 is 2.18 bits per heavy atom. The van der Waals surface area contributed by atoms with Gasteiger partial charge < -0.3 is 5.32 Å². The second-order valence-electron chi connectivity index (χ2n) is 4.84. The molecule has 0 saturated heterocycles. The lowest BCUT2D eigenvalue weighted by Gasteiger charge is -2.19. The first-order valence-electron chi connectivity index (χ1n) is 6.01. The van der Waals surface area contributed by atoms with Crippen LogP contribution in [0.3, 0.4) is 0 Å². The summed E-state index contributed by atoms with van der Waals surface area (Å²) in [5.74, 6) is 1.07. The fourth-order valence-corrected chi connectivity index (χ4v) is 2.51. The van der Waals surface area contributed by atoms with Crippen LogP contribution in [0.2, 0.25) is 5.15 Å². The summed E-state index contributed by atoms with van der Waals surface area (Å²) in [6.45, 7) is 4.42. The molecule has 1 N–H and O–H groups in total. The van der Waals surface area contributed by atoms with E-state index in [1.165, 1.54) is 6.42 Å². The molecule has 2 rings (SSSR count). The van der Waals surface area contributed by atoms with Crippen LogP contribution >= 0.6 is 11.6 Å². The highest BCUT2D eigenvalue weighted by molar-refractivity contribution is 6.29. The normalized spacial score (nSPS) is 28.1. The van der Waals surface area contributed by atoms with Crippen molar-refractivity contribution in [2.45, 2.75) is 32.7 Å². The number of amides is 1. The highest BCUT2D eigenvalue weighted by Crippen LogP contribution is 2.31. The van der Waals surface area contributed by atoms with E-state index in [0.29, 0.717) is 22.7 Å². The first-order chi connectivity index (χ1) is 8.08. The molecule has 92 valence electrons. The molecule has 1 amide bonds. The third-order valence-corrected chi connectivity index (χ3v) is 3.94. The second kappa shape index (κ2) is 5.05. The summed E-state index contributed by atoms with van der Waals surface area (Å²) in [5.41, 5.74) is 0.393. The van der Waals surface area contributed by atoms with Gasteiger partial charge in [0.1, 0.15) is 10.8 Å². The van der Waals surface area contributed by atoms with E-state index < -0.39 is 0 Å². The highest BCUT2D eigenvalue weighted by atomic mass is 35.5. The lowest BCUT2D eigenvalue weighted by molar-refractivity contribution is 0.0922. The fraction of sp³-hybridized carbons (Fsp3) is 0.538. The summed E-state index contributed by atoms with van der Waals surface area (Å²) in [6, 6.07) is 5.35. The van der Waals surface area contributed by atoms with E-state index in [1.807, 2.05) is 0 Å². The molecule has 1 aromatic rings. The zero-order valence-electron chi connectivity index (χ0n) is 10.1. The Bertz CT molecular complexity index is 422. The summed E-state index contributed by atoms with van der Waals surface area (Å²) in [6.07, 6.45) is 2.23. The van der Waals surface area contributed by atoms with Crippen LogP contribution in [-0.4, -0.2) is 16.9 Å². The first-order valence-corrected chi connectivity index (χ1v) is 6.39. The average Bonchev–Trinajstić information content (AvgIpc) is 2.61. The number of carbonyl (C=O) groups is 1. The summed E-state index contributed by atoms with van der Waals surface area (Å²) < 4.78 is 0. The monoisotopic (exact) mass is 252 g/mol. The molecule has 1 saturated carbocycles. The molecule has 0 spiro atoms. The van der Waals surface area contributed by atoms with Crippen LogP contribution in [-0.2, 0) is 0 Å². The number of rotatable bonds is 2. The van der Waals surface area contributed by atoms with Gasteiger partial charge in [0.15, 0.2) is 0 Å². The van der Waals surface area contributed by atoms with Gasteiger partial charge in [-0.1, -0.05) is 31.5 Å². The summed E-state index contributed by atoms with van der Waals surface area (Å²) in [7, 11) is 0. The van der Waals surface area contributed by atoms with Gasteiger partial charge in [0, 0.05) is 6.04 Å². The number of aromatic nitrogens is 1. The van der Waals surface area contributed by atoms with Gasteiger partial charge >= 0.3 is 0 Å². The predicted molar refractivity (Wildman–Crippen MR) is 68.1 cm³/mol. The summed E-state index contributed by atoms with van der Waals surface area (Å²) in [4.78, 5) is 16.0. The smallest absolute Gasteiger partial charge is 0.270 e. The molecule has 0 aromatic carbocycles. The molecule has 1 aliphatic carbocycles. The van der Waals surface area contributed by atoms with E-state index in [-0.39, 0.29) is 11.9 Å². The van der Waals surface area contributed by atoms with Crippen LogP contribution in [0.25, 0.3) is 0 Å². The van der Waals surface area contributed by atoms with Crippen molar-refractivity contribution in [1.82, 2.24) is 10.3 Å². The van der Waals surface area contributed by atoms with E-state index in [2.05, 4.69) is 24.1 Å². The van der Waals surface area contributed by atoms with Crippen LogP contribution in [0.15, 0.2) is 18.2 Å². The van der Waals surface area contributed by atoms with E-state index in [4.69, 9.17) is 11.6 Å². The Hall–Kier alpha value is -1.09. The maximum Gasteiger partial charge on any atom is 0.270 e. The standard InChI is InChI=1S/C13H17ClN2O/c1-8-6-7-10(9(8)2)16-13(17)11-4-3-5-12(14)15-11/h3-5,8-10H,6-7H2,1-2H3,(H,16,17). The van der Waals surface area contributed by atoms with Crippen molar-refractivity contribution < 1.29 is 4.79 Å². The third-order valence-electron chi connectivity index (χ3n) is 3.73. The van der Waals surface area contributed by atoms with E-state index in [0.717, 1.165) is 6.42 Å². The molecule has 1 heterocycles. The molecule has 3 nitrogen and oxygen atoms in total. The molecule has 1 aliphatic rings. The zero-order valence-corrected chi connectivity index (χ0v) is 10.9. The fourth-order valence-electron chi connectivity index (χ4n) is 2.35. The van der Waals surface area contributed by atoms with Crippen molar-refractivity contribution in [3.63, 3.8) is 0 Å². The Labute approximate surface area is 107 Å². The molecular weight excluding hydrogens is 236 g/mol. The van der Waals surface area contributed by atoms with Crippen molar-refractivity contribution in [1.29, 1.82) is 0 Å². The number of nitrogens with zero attached hydrogens (tertiary/aromatic N) is 1. The molecule has 3 unspecified atom stereocenters. The number of halogens is 1. The number of carbonyl (C=O) groups excluding carboxylic acids is 1. The number of nitrogens with one attached hydrogen (secondary N) is 1. The van der Waals surface area contributed by atoms with E-state index in [9.17, 15) is 4.79 Å². The lowest BCUT2D eigenvalue weighted by atomic mass is 9.98. The van der Waals surface area contributed by atoms with Crippen molar-refractivity contribution in [2.24, 2.45) is 11.8 Å². The molecule has 0 bridgehead atoms. The van der Waals surface area contributed by atoms with Crippen LogP contribution in [0.1, 0.15) is 37.2 Å². The quantitative estimate of drug-likeness (QED) is 0.823. The van der Waals surface area contributed by atoms with E-state index in [1.54, 1.807) is 18.2 Å². The SMILES string of the molecule is CC1CCC(NC(=O)c2cccc(Cl)n2)C1C. The largest absolute Gasteiger partial charge is 0.348 e. The Balaban J connectivity index is 2.02.